The van der Waals surface area contributed by atoms with E-state index in [9.17, 15) is 24.0 Å². The number of ether oxygens (including phenoxy) is 3. The third-order valence-corrected chi connectivity index (χ3v) is 9.83. The number of nitrogens with two attached hydrogens (primary N) is 4. The zero-order valence-electron chi connectivity index (χ0n) is 36.1. The van der Waals surface area contributed by atoms with E-state index in [1.54, 1.807) is 46.0 Å². The Morgan fingerprint density at radius 1 is 0.857 bits per heavy atom. The Kier molecular flexibility index (Phi) is 20.1. The van der Waals surface area contributed by atoms with Crippen LogP contribution in [0.2, 0.25) is 0 Å². The quantitative estimate of drug-likeness (QED) is 0.0231. The molecule has 0 radical (unpaired) electrons. The van der Waals surface area contributed by atoms with E-state index in [1.807, 2.05) is 42.5 Å². The van der Waals surface area contributed by atoms with Crippen molar-refractivity contribution < 1.29 is 38.2 Å². The molecule has 2 aromatic carbocycles. The Labute approximate surface area is 383 Å². The van der Waals surface area contributed by atoms with Crippen LogP contribution < -0.4 is 38.9 Å². The van der Waals surface area contributed by atoms with E-state index in [-0.39, 0.29) is 23.8 Å². The minimum absolute atomic E-state index is 0.00371. The number of fused-ring (bicyclic) bond motifs is 2. The summed E-state index contributed by atoms with van der Waals surface area (Å²) in [5.41, 5.74) is 25.6. The molecule has 63 heavy (non-hydrogen) atoms. The van der Waals surface area contributed by atoms with Crippen LogP contribution in [-0.2, 0) is 39.8 Å². The second kappa shape index (κ2) is 24.6. The predicted octanol–water partition coefficient (Wildman–Crippen LogP) is 4.55. The highest BCUT2D eigenvalue weighted by atomic mass is 79.9. The molecule has 2 atom stereocenters. The highest BCUT2D eigenvalue weighted by Crippen LogP contribution is 2.31. The maximum atomic E-state index is 13.2. The zero-order valence-corrected chi connectivity index (χ0v) is 39.3. The summed E-state index contributed by atoms with van der Waals surface area (Å²) in [5, 5.41) is 8.64. The molecule has 0 saturated heterocycles. The first kappa shape index (κ1) is 51.4. The maximum absolute atomic E-state index is 13.2. The molecule has 4 rings (SSSR count). The Morgan fingerprint density at radius 2 is 1.46 bits per heavy atom. The molecule has 1 aliphatic carbocycles. The third kappa shape index (κ3) is 17.4. The van der Waals surface area contributed by atoms with Gasteiger partial charge in [0.25, 0.3) is 0 Å². The van der Waals surface area contributed by atoms with Gasteiger partial charge in [0.1, 0.15) is 23.0 Å². The number of halogens is 2. The number of amidine groups is 1. The summed E-state index contributed by atoms with van der Waals surface area (Å²) >= 11 is 6.87. The molecule has 18 nitrogen and oxygen atoms in total. The Morgan fingerprint density at radius 3 is 2.10 bits per heavy atom. The van der Waals surface area contributed by atoms with Crippen LogP contribution in [0.1, 0.15) is 70.1 Å². The van der Waals surface area contributed by atoms with Gasteiger partial charge < -0.3 is 58.1 Å². The molecule has 12 N–H and O–H groups in total. The van der Waals surface area contributed by atoms with Gasteiger partial charge in [0.2, 0.25) is 11.8 Å². The number of guanidine groups is 1. The van der Waals surface area contributed by atoms with Crippen LogP contribution in [0, 0.1) is 0 Å². The number of benzene rings is 2. The number of allylic oxidation sites excluding steroid dienone is 3. The normalized spacial score (nSPS) is 13.6. The topological polar surface area (TPSA) is 294 Å². The van der Waals surface area contributed by atoms with Crippen molar-refractivity contribution in [3.63, 3.8) is 0 Å². The van der Waals surface area contributed by atoms with E-state index in [0.29, 0.717) is 44.6 Å². The average molecular weight is 1000 g/mol. The number of rotatable bonds is 17. The van der Waals surface area contributed by atoms with Crippen LogP contribution in [0.3, 0.4) is 0 Å². The van der Waals surface area contributed by atoms with Gasteiger partial charge in [-0.25, -0.2) is 14.4 Å². The molecule has 3 amide bonds. The first-order valence-corrected chi connectivity index (χ1v) is 21.3. The van der Waals surface area contributed by atoms with Crippen molar-refractivity contribution in [2.45, 2.75) is 77.5 Å². The molecule has 1 heterocycles. The van der Waals surface area contributed by atoms with Crippen molar-refractivity contribution in [2.75, 3.05) is 27.3 Å². The lowest BCUT2D eigenvalue weighted by molar-refractivity contribution is -0.138. The van der Waals surface area contributed by atoms with Crippen LogP contribution in [0.5, 0.6) is 0 Å². The molecule has 0 bridgehead atoms. The summed E-state index contributed by atoms with van der Waals surface area (Å²) in [7, 11) is 2.48. The Balaban J connectivity index is 0.000000344. The molecule has 1 aliphatic rings. The number of hydrogen-bond acceptors (Lipinski definition) is 11. The number of nitrogens with one attached hydrogen (secondary N) is 4. The fraction of sp³-hybridized carbons (Fsp3) is 0.372. The Bertz CT molecular complexity index is 2290. The molecule has 1 aromatic heterocycles. The number of carbonyl (C=O) groups is 5. The van der Waals surface area contributed by atoms with Crippen LogP contribution >= 0.6 is 31.9 Å². The van der Waals surface area contributed by atoms with Gasteiger partial charge in [-0.15, -0.1) is 0 Å². The second-order valence-corrected chi connectivity index (χ2v) is 16.9. The van der Waals surface area contributed by atoms with Crippen molar-refractivity contribution in [2.24, 2.45) is 32.9 Å². The monoisotopic (exact) mass is 998 g/mol. The largest absolute Gasteiger partial charge is 0.464 e. The number of H-pyrrole nitrogens is 1. The van der Waals surface area contributed by atoms with E-state index in [4.69, 9.17) is 37.1 Å². The number of carbonyl (C=O) groups excluding carboxylic acids is 5. The van der Waals surface area contributed by atoms with Crippen molar-refractivity contribution >= 4 is 96.1 Å². The lowest BCUT2D eigenvalue weighted by Crippen LogP contribution is -2.48. The minimum atomic E-state index is -0.966. The number of alkyl carbamates (subject to hydrolysis) is 1. The van der Waals surface area contributed by atoms with Crippen molar-refractivity contribution in [3.05, 3.63) is 91.8 Å². The number of esters is 2. The van der Waals surface area contributed by atoms with Crippen molar-refractivity contribution in [3.8, 4) is 0 Å². The summed E-state index contributed by atoms with van der Waals surface area (Å²) < 4.78 is 16.8. The second-order valence-electron chi connectivity index (χ2n) is 15.1. The molecule has 0 spiro atoms. The summed E-state index contributed by atoms with van der Waals surface area (Å²) in [6, 6.07) is 9.77. The fourth-order valence-electron chi connectivity index (χ4n) is 5.91. The molecule has 0 aliphatic heterocycles. The van der Waals surface area contributed by atoms with Crippen molar-refractivity contribution in [1.29, 1.82) is 0 Å². The molecule has 340 valence electrons. The van der Waals surface area contributed by atoms with Gasteiger partial charge in [-0.2, -0.15) is 0 Å². The van der Waals surface area contributed by atoms with E-state index < -0.39 is 47.5 Å². The number of methoxy groups -OCH3 is 2. The molecule has 20 heteroatoms. The van der Waals surface area contributed by atoms with E-state index >= 15 is 0 Å². The SMILES string of the molecule is COC(=O)/C(=C/C1=CCc2cc(Br)ccc21)NC(=O)[C@H](CCCN=C(C)N)NC(=O)OC(C)(C)C.COC(=O)/C(=C/c1c[nH]c2cc(Br)ccc12)NC(=O)[C@@H](N)CCCN=C(N)N. The minimum Gasteiger partial charge on any atom is -0.464 e. The number of aromatic amines is 1. The standard InChI is InChI=1S/C25H33BrN4O5.C18H23BrN6O3/c1-15(27)28-12-6-7-20(30-24(33)35-25(2,3)4)22(31)29-21(23(32)34-5)14-17-9-8-16-13-18(26)10-11-19(16)17;1-28-17(27)15(25-16(26)13(20)3-2-6-23-18(21)22)7-10-9-24-14-8-11(19)4-5-12(10)14/h9-11,13-14,20H,6-8,12H2,1-5H3,(H2,27,28)(H,29,31)(H,30,33);4-5,7-9,13,24H,2-3,6,20H2,1H3,(H,25,26)(H4,21,22,23)/b21-14-;15-7-/t20-;13-/m00/s1. The molecular weight excluding hydrogens is 944 g/mol. The van der Waals surface area contributed by atoms with E-state index in [2.05, 4.69) is 62.8 Å². The average Bonchev–Trinajstić information content (AvgIpc) is 3.80. The predicted molar refractivity (Wildman–Crippen MR) is 251 cm³/mol. The van der Waals surface area contributed by atoms with Gasteiger partial charge in [-0.05, 0) is 113 Å². The molecule has 0 saturated carbocycles. The number of amides is 3. The van der Waals surface area contributed by atoms with Crippen LogP contribution in [0.25, 0.3) is 22.6 Å². The first-order chi connectivity index (χ1) is 29.7. The molecule has 0 fully saturated rings. The highest BCUT2D eigenvalue weighted by molar-refractivity contribution is 9.10. The van der Waals surface area contributed by atoms with Gasteiger partial charge in [-0.3, -0.25) is 19.6 Å². The van der Waals surface area contributed by atoms with E-state index in [1.165, 1.54) is 14.2 Å². The number of aromatic nitrogens is 1. The van der Waals surface area contributed by atoms with E-state index in [0.717, 1.165) is 42.1 Å². The first-order valence-electron chi connectivity index (χ1n) is 19.8. The summed E-state index contributed by atoms with van der Waals surface area (Å²) in [6.45, 7) is 7.61. The number of nitrogens with zero attached hydrogens (tertiary/aromatic N) is 2. The van der Waals surface area contributed by atoms with Gasteiger partial charge >= 0.3 is 18.0 Å². The van der Waals surface area contributed by atoms with Gasteiger partial charge in [-0.1, -0.05) is 50.1 Å². The fourth-order valence-corrected chi connectivity index (χ4v) is 6.68. The van der Waals surface area contributed by atoms with Crippen LogP contribution in [-0.4, -0.2) is 91.6 Å². The summed E-state index contributed by atoms with van der Waals surface area (Å²) in [4.78, 5) is 73.5. The van der Waals surface area contributed by atoms with Crippen LogP contribution in [0.15, 0.2) is 85.1 Å². The summed E-state index contributed by atoms with van der Waals surface area (Å²) in [6.07, 6.45) is 8.42. The van der Waals surface area contributed by atoms with Gasteiger partial charge in [0.05, 0.1) is 26.1 Å². The molecular formula is C43H56Br2N10O8. The highest BCUT2D eigenvalue weighted by Gasteiger charge is 2.27. The lowest BCUT2D eigenvalue weighted by atomic mass is 10.0. The molecule has 3 aromatic rings. The van der Waals surface area contributed by atoms with Gasteiger partial charge in [0, 0.05) is 44.7 Å². The number of aliphatic imine (C=N–C) groups is 2. The maximum Gasteiger partial charge on any atom is 0.408 e. The molecule has 0 unspecified atom stereocenters. The number of hydrogen-bond donors (Lipinski definition) is 8. The Hall–Kier alpha value is -5.99. The van der Waals surface area contributed by atoms with Crippen LogP contribution in [0.4, 0.5) is 4.79 Å². The smallest absolute Gasteiger partial charge is 0.408 e. The third-order valence-electron chi connectivity index (χ3n) is 8.85. The zero-order chi connectivity index (χ0) is 46.9. The summed E-state index contributed by atoms with van der Waals surface area (Å²) in [5.74, 6) is -2.03. The lowest BCUT2D eigenvalue weighted by Gasteiger charge is -2.23. The van der Waals surface area contributed by atoms with Crippen molar-refractivity contribution in [1.82, 2.24) is 20.9 Å². The van der Waals surface area contributed by atoms with Gasteiger partial charge in [0.15, 0.2) is 5.96 Å².